The van der Waals surface area contributed by atoms with Gasteiger partial charge in [-0.1, -0.05) is 43.2 Å². The van der Waals surface area contributed by atoms with Crippen LogP contribution >= 0.6 is 11.8 Å². The number of allylic oxidation sites excluding steroid dienone is 1. The van der Waals surface area contributed by atoms with Crippen LogP contribution in [-0.2, 0) is 11.3 Å². The Morgan fingerprint density at radius 2 is 2.21 bits per heavy atom. The van der Waals surface area contributed by atoms with Gasteiger partial charge in [0.1, 0.15) is 5.82 Å². The Morgan fingerprint density at radius 3 is 2.93 bits per heavy atom. The molecule has 1 amide bonds. The van der Waals surface area contributed by atoms with Crippen molar-refractivity contribution >= 4 is 23.4 Å². The summed E-state index contributed by atoms with van der Waals surface area (Å²) >= 11 is 1.40. The van der Waals surface area contributed by atoms with Crippen molar-refractivity contribution in [2.45, 2.75) is 61.9 Å². The van der Waals surface area contributed by atoms with Crippen molar-refractivity contribution in [3.63, 3.8) is 0 Å². The van der Waals surface area contributed by atoms with Gasteiger partial charge < -0.3 is 9.88 Å². The maximum absolute atomic E-state index is 12.6. The molecule has 1 aromatic carbocycles. The zero-order valence-corrected chi connectivity index (χ0v) is 16.9. The van der Waals surface area contributed by atoms with Crippen LogP contribution in [0.2, 0.25) is 0 Å². The summed E-state index contributed by atoms with van der Waals surface area (Å²) in [6.45, 7) is 6.35. The lowest BCUT2D eigenvalue weighted by molar-refractivity contribution is -0.115. The lowest BCUT2D eigenvalue weighted by atomic mass is 9.89. The highest BCUT2D eigenvalue weighted by molar-refractivity contribution is 8.00. The smallest absolute Gasteiger partial charge is 0.237 e. The van der Waals surface area contributed by atoms with E-state index in [4.69, 9.17) is 5.26 Å². The zero-order valence-electron chi connectivity index (χ0n) is 16.1. The summed E-state index contributed by atoms with van der Waals surface area (Å²) in [7, 11) is 0. The molecular weight excluding hydrogens is 370 g/mol. The van der Waals surface area contributed by atoms with Crippen molar-refractivity contribution in [1.29, 1.82) is 5.26 Å². The molecule has 1 saturated carbocycles. The van der Waals surface area contributed by atoms with Gasteiger partial charge in [-0.15, -0.1) is 16.8 Å². The average molecular weight is 396 g/mol. The van der Waals surface area contributed by atoms with Gasteiger partial charge in [-0.25, -0.2) is 0 Å². The van der Waals surface area contributed by atoms with Crippen LogP contribution < -0.4 is 5.32 Å². The fourth-order valence-corrected chi connectivity index (χ4v) is 4.34. The van der Waals surface area contributed by atoms with Gasteiger partial charge in [-0.05, 0) is 38.0 Å². The number of benzene rings is 1. The van der Waals surface area contributed by atoms with Crippen molar-refractivity contribution < 1.29 is 4.79 Å². The summed E-state index contributed by atoms with van der Waals surface area (Å²) in [5.41, 5.74) is 1.13. The van der Waals surface area contributed by atoms with Crippen molar-refractivity contribution in [1.82, 2.24) is 14.8 Å². The number of nitriles is 1. The SMILES string of the molecule is C=CCn1c(SC(C)C(=O)Nc2cccc(C#N)c2)nnc1C1CCCCC1. The number of hydrogen-bond acceptors (Lipinski definition) is 5. The van der Waals surface area contributed by atoms with Crippen LogP contribution in [0.25, 0.3) is 0 Å². The van der Waals surface area contributed by atoms with E-state index in [1.54, 1.807) is 24.3 Å². The minimum Gasteiger partial charge on any atom is -0.325 e. The molecule has 0 radical (unpaired) electrons. The third-order valence-electron chi connectivity index (χ3n) is 4.94. The zero-order chi connectivity index (χ0) is 19.9. The van der Waals surface area contributed by atoms with Gasteiger partial charge in [0.2, 0.25) is 5.91 Å². The first kappa shape index (κ1) is 20.2. The van der Waals surface area contributed by atoms with Crippen molar-refractivity contribution in [3.8, 4) is 6.07 Å². The van der Waals surface area contributed by atoms with Gasteiger partial charge in [-0.3, -0.25) is 4.79 Å². The van der Waals surface area contributed by atoms with Crippen LogP contribution in [0.3, 0.4) is 0 Å². The van der Waals surface area contributed by atoms with Crippen molar-refractivity contribution in [2.24, 2.45) is 0 Å². The van der Waals surface area contributed by atoms with E-state index in [1.807, 2.05) is 13.0 Å². The summed E-state index contributed by atoms with van der Waals surface area (Å²) in [5, 5.41) is 21.1. The molecule has 1 unspecified atom stereocenters. The van der Waals surface area contributed by atoms with E-state index in [9.17, 15) is 4.79 Å². The Labute approximate surface area is 170 Å². The fraction of sp³-hybridized carbons (Fsp3) is 0.429. The number of nitrogens with one attached hydrogen (secondary N) is 1. The molecule has 3 rings (SSSR count). The highest BCUT2D eigenvalue weighted by Gasteiger charge is 2.25. The van der Waals surface area contributed by atoms with Gasteiger partial charge in [-0.2, -0.15) is 5.26 Å². The third kappa shape index (κ3) is 4.82. The molecule has 1 fully saturated rings. The number of amides is 1. The molecule has 0 bridgehead atoms. The second kappa shape index (κ2) is 9.56. The van der Waals surface area contributed by atoms with Crippen LogP contribution in [0.4, 0.5) is 5.69 Å². The van der Waals surface area contributed by atoms with Crippen LogP contribution in [0.1, 0.15) is 56.3 Å². The summed E-state index contributed by atoms with van der Waals surface area (Å²) in [5.74, 6) is 1.32. The number of anilines is 1. The van der Waals surface area contributed by atoms with E-state index in [1.165, 1.54) is 31.0 Å². The molecule has 1 aliphatic rings. The van der Waals surface area contributed by atoms with E-state index in [0.717, 1.165) is 23.8 Å². The summed E-state index contributed by atoms with van der Waals surface area (Å²) in [6.07, 6.45) is 7.88. The van der Waals surface area contributed by atoms with Gasteiger partial charge in [0, 0.05) is 18.2 Å². The molecule has 2 aromatic rings. The quantitative estimate of drug-likeness (QED) is 0.551. The third-order valence-corrected chi connectivity index (χ3v) is 6.02. The molecule has 6 nitrogen and oxygen atoms in total. The van der Waals surface area contributed by atoms with E-state index in [0.29, 0.717) is 23.7 Å². The van der Waals surface area contributed by atoms with E-state index >= 15 is 0 Å². The number of aromatic nitrogens is 3. The molecule has 1 aromatic heterocycles. The van der Waals surface area contributed by atoms with Crippen LogP contribution in [-0.4, -0.2) is 25.9 Å². The van der Waals surface area contributed by atoms with E-state index in [2.05, 4.69) is 32.7 Å². The number of rotatable bonds is 7. The predicted octanol–water partition coefficient (Wildman–Crippen LogP) is 4.50. The van der Waals surface area contributed by atoms with Crippen LogP contribution in [0.15, 0.2) is 42.1 Å². The molecule has 28 heavy (non-hydrogen) atoms. The van der Waals surface area contributed by atoms with Gasteiger partial charge in [0.05, 0.1) is 16.9 Å². The minimum atomic E-state index is -0.349. The molecule has 1 N–H and O–H groups in total. The Bertz CT molecular complexity index is 879. The van der Waals surface area contributed by atoms with Crippen molar-refractivity contribution in [3.05, 3.63) is 48.3 Å². The average Bonchev–Trinajstić information content (AvgIpc) is 3.11. The highest BCUT2D eigenvalue weighted by atomic mass is 32.2. The van der Waals surface area contributed by atoms with Gasteiger partial charge in [0.25, 0.3) is 0 Å². The lowest BCUT2D eigenvalue weighted by Gasteiger charge is -2.21. The summed E-state index contributed by atoms with van der Waals surface area (Å²) < 4.78 is 2.09. The summed E-state index contributed by atoms with van der Waals surface area (Å²) in [4.78, 5) is 12.6. The van der Waals surface area contributed by atoms with Crippen LogP contribution in [0.5, 0.6) is 0 Å². The molecule has 7 heteroatoms. The monoisotopic (exact) mass is 395 g/mol. The first-order valence-corrected chi connectivity index (χ1v) is 10.5. The van der Waals surface area contributed by atoms with Gasteiger partial charge in [0.15, 0.2) is 5.16 Å². The highest BCUT2D eigenvalue weighted by Crippen LogP contribution is 2.34. The Balaban J connectivity index is 1.71. The predicted molar refractivity (Wildman–Crippen MR) is 111 cm³/mol. The summed E-state index contributed by atoms with van der Waals surface area (Å²) in [6, 6.07) is 8.98. The normalized spacial score (nSPS) is 15.6. The lowest BCUT2D eigenvalue weighted by Crippen LogP contribution is -2.23. The minimum absolute atomic E-state index is 0.132. The van der Waals surface area contributed by atoms with E-state index < -0.39 is 0 Å². The number of hydrogen-bond donors (Lipinski definition) is 1. The molecule has 1 atom stereocenters. The maximum Gasteiger partial charge on any atom is 0.237 e. The topological polar surface area (TPSA) is 83.6 Å². The molecule has 0 aliphatic heterocycles. The van der Waals surface area contributed by atoms with E-state index in [-0.39, 0.29) is 11.2 Å². The first-order chi connectivity index (χ1) is 13.6. The largest absolute Gasteiger partial charge is 0.325 e. The number of nitrogens with zero attached hydrogens (tertiary/aromatic N) is 4. The number of thioether (sulfide) groups is 1. The molecular formula is C21H25N5OS. The molecule has 1 heterocycles. The number of carbonyl (C=O) groups is 1. The molecule has 1 aliphatic carbocycles. The van der Waals surface area contributed by atoms with Gasteiger partial charge >= 0.3 is 0 Å². The van der Waals surface area contributed by atoms with Crippen LogP contribution in [0, 0.1) is 11.3 Å². The second-order valence-electron chi connectivity index (χ2n) is 7.02. The Kier molecular flexibility index (Phi) is 6.88. The number of carbonyl (C=O) groups excluding carboxylic acids is 1. The standard InChI is InChI=1S/C21H25N5OS/c1-3-12-26-19(17-9-5-4-6-10-17)24-25-21(26)28-15(2)20(27)23-18-11-7-8-16(13-18)14-22/h3,7-8,11,13,15,17H,1,4-6,9-10,12H2,2H3,(H,23,27). The van der Waals surface area contributed by atoms with Crippen molar-refractivity contribution in [2.75, 3.05) is 5.32 Å². The second-order valence-corrected chi connectivity index (χ2v) is 8.32. The molecule has 0 spiro atoms. The Hall–Kier alpha value is -2.59. The fourth-order valence-electron chi connectivity index (χ4n) is 3.47. The maximum atomic E-state index is 12.6. The molecule has 0 saturated heterocycles. The first-order valence-electron chi connectivity index (χ1n) is 9.64. The Morgan fingerprint density at radius 1 is 1.43 bits per heavy atom. The molecule has 146 valence electrons.